The first kappa shape index (κ1) is 24.3. The van der Waals surface area contributed by atoms with Crippen molar-refractivity contribution < 1.29 is 4.74 Å². The molecule has 0 aliphatic carbocycles. The Kier molecular flexibility index (Phi) is 6.67. The van der Waals surface area contributed by atoms with Crippen molar-refractivity contribution in [2.24, 2.45) is 0 Å². The molecule has 3 heterocycles. The van der Waals surface area contributed by atoms with Crippen LogP contribution < -0.4 is 15.0 Å². The van der Waals surface area contributed by atoms with Gasteiger partial charge in [-0.15, -0.1) is 0 Å². The zero-order valence-electron chi connectivity index (χ0n) is 22.2. The number of anilines is 1. The highest BCUT2D eigenvalue weighted by molar-refractivity contribution is 5.96. The van der Waals surface area contributed by atoms with Gasteiger partial charge in [0, 0.05) is 36.1 Å². The van der Waals surface area contributed by atoms with Crippen LogP contribution in [0.1, 0.15) is 53.4 Å². The molecule has 0 saturated carbocycles. The summed E-state index contributed by atoms with van der Waals surface area (Å²) in [7, 11) is 1.93. The molecular formula is C29H36N6O. The summed E-state index contributed by atoms with van der Waals surface area (Å²) in [6.45, 7) is 13.8. The first-order chi connectivity index (χ1) is 17.4. The summed E-state index contributed by atoms with van der Waals surface area (Å²) in [5.41, 5.74) is 10.2. The van der Waals surface area contributed by atoms with E-state index in [2.05, 4.69) is 78.4 Å². The Labute approximate surface area is 213 Å². The predicted molar refractivity (Wildman–Crippen MR) is 146 cm³/mol. The number of ether oxygens (including phenoxy) is 1. The van der Waals surface area contributed by atoms with Crippen LogP contribution in [0.25, 0.3) is 22.3 Å². The maximum Gasteiger partial charge on any atom is 0.222 e. The van der Waals surface area contributed by atoms with Gasteiger partial charge in [-0.3, -0.25) is 5.10 Å². The topological polar surface area (TPSA) is 79.0 Å². The van der Waals surface area contributed by atoms with Crippen LogP contribution in [0.5, 0.6) is 5.88 Å². The number of aromatic amines is 1. The monoisotopic (exact) mass is 484 g/mol. The van der Waals surface area contributed by atoms with E-state index in [9.17, 15) is 0 Å². The summed E-state index contributed by atoms with van der Waals surface area (Å²) in [6.07, 6.45) is 0.845. The predicted octanol–water partition coefficient (Wildman–Crippen LogP) is 5.23. The lowest BCUT2D eigenvalue weighted by Crippen LogP contribution is -2.32. The maximum absolute atomic E-state index is 6.28. The molecule has 2 N–H and O–H groups in total. The Morgan fingerprint density at radius 1 is 1.08 bits per heavy atom. The van der Waals surface area contributed by atoms with Gasteiger partial charge in [0.15, 0.2) is 5.82 Å². The number of hydrogen-bond donors (Lipinski definition) is 2. The molecule has 0 amide bonds. The molecular weight excluding hydrogens is 448 g/mol. The number of nitrogens with zero attached hydrogens (tertiary/aromatic N) is 4. The molecule has 1 aliphatic rings. The van der Waals surface area contributed by atoms with Crippen LogP contribution in [0, 0.1) is 20.8 Å². The quantitative estimate of drug-likeness (QED) is 0.350. The number of hydrogen-bond acceptors (Lipinski definition) is 6. The van der Waals surface area contributed by atoms with Crippen molar-refractivity contribution >= 4 is 16.6 Å². The number of aromatic nitrogens is 4. The normalized spacial score (nSPS) is 13.5. The van der Waals surface area contributed by atoms with Gasteiger partial charge in [-0.2, -0.15) is 10.1 Å². The summed E-state index contributed by atoms with van der Waals surface area (Å²) in [4.78, 5) is 12.6. The SMILES string of the molecule is CNCCOc1nc(-c2c(C)ccc3[nH]nc(C)c23)nc2c1CN(c1cc(C(C)C)ccc1C)CC2. The van der Waals surface area contributed by atoms with E-state index >= 15 is 0 Å². The van der Waals surface area contributed by atoms with E-state index in [-0.39, 0.29) is 0 Å². The molecule has 2 aromatic carbocycles. The van der Waals surface area contributed by atoms with Crippen LogP contribution in [-0.4, -0.2) is 46.9 Å². The third kappa shape index (κ3) is 4.44. The second-order valence-electron chi connectivity index (χ2n) is 10.1. The summed E-state index contributed by atoms with van der Waals surface area (Å²) < 4.78 is 6.28. The Bertz CT molecular complexity index is 1410. The molecule has 188 valence electrons. The average molecular weight is 485 g/mol. The first-order valence-electron chi connectivity index (χ1n) is 12.8. The zero-order valence-corrected chi connectivity index (χ0v) is 22.2. The van der Waals surface area contributed by atoms with Crippen LogP contribution in [0.2, 0.25) is 0 Å². The van der Waals surface area contributed by atoms with E-state index in [1.54, 1.807) is 0 Å². The fourth-order valence-electron chi connectivity index (χ4n) is 5.06. The molecule has 4 aromatic rings. The first-order valence-corrected chi connectivity index (χ1v) is 12.8. The molecule has 2 aromatic heterocycles. The summed E-state index contributed by atoms with van der Waals surface area (Å²) in [5.74, 6) is 1.89. The fourth-order valence-corrected chi connectivity index (χ4v) is 5.06. The molecule has 0 bridgehead atoms. The van der Waals surface area contributed by atoms with Gasteiger partial charge in [-0.25, -0.2) is 4.98 Å². The van der Waals surface area contributed by atoms with Gasteiger partial charge < -0.3 is 15.0 Å². The second-order valence-corrected chi connectivity index (χ2v) is 10.1. The Balaban J connectivity index is 1.59. The number of likely N-dealkylation sites (N-methyl/N-ethyl adjacent to an activating group) is 1. The largest absolute Gasteiger partial charge is 0.476 e. The molecule has 0 fully saturated rings. The van der Waals surface area contributed by atoms with E-state index in [0.717, 1.165) is 65.0 Å². The molecule has 0 atom stereocenters. The van der Waals surface area contributed by atoms with Crippen molar-refractivity contribution in [2.75, 3.05) is 31.6 Å². The van der Waals surface area contributed by atoms with E-state index < -0.39 is 0 Å². The van der Waals surface area contributed by atoms with Crippen molar-refractivity contribution in [1.82, 2.24) is 25.5 Å². The maximum atomic E-state index is 6.28. The van der Waals surface area contributed by atoms with E-state index in [4.69, 9.17) is 14.7 Å². The third-order valence-electron chi connectivity index (χ3n) is 7.20. The van der Waals surface area contributed by atoms with Crippen LogP contribution in [-0.2, 0) is 13.0 Å². The van der Waals surface area contributed by atoms with Gasteiger partial charge in [-0.05, 0) is 62.6 Å². The van der Waals surface area contributed by atoms with E-state index in [1.807, 2.05) is 14.0 Å². The van der Waals surface area contributed by atoms with Crippen molar-refractivity contribution in [2.45, 2.75) is 53.5 Å². The van der Waals surface area contributed by atoms with Crippen LogP contribution in [0.4, 0.5) is 5.69 Å². The lowest BCUT2D eigenvalue weighted by Gasteiger charge is -2.32. The fraction of sp³-hybridized carbons (Fsp3) is 0.414. The molecule has 0 saturated heterocycles. The molecule has 7 nitrogen and oxygen atoms in total. The van der Waals surface area contributed by atoms with Gasteiger partial charge in [-0.1, -0.05) is 32.0 Å². The molecule has 1 aliphatic heterocycles. The van der Waals surface area contributed by atoms with Gasteiger partial charge in [0.1, 0.15) is 6.61 Å². The lowest BCUT2D eigenvalue weighted by molar-refractivity contribution is 0.301. The number of benzene rings is 2. The minimum atomic E-state index is 0.491. The molecule has 0 unspecified atom stereocenters. The summed E-state index contributed by atoms with van der Waals surface area (Å²) >= 11 is 0. The number of rotatable bonds is 7. The van der Waals surface area contributed by atoms with Crippen LogP contribution >= 0.6 is 0 Å². The highest BCUT2D eigenvalue weighted by Crippen LogP contribution is 2.36. The van der Waals surface area contributed by atoms with Gasteiger partial charge in [0.05, 0.1) is 29.0 Å². The molecule has 36 heavy (non-hydrogen) atoms. The molecule has 7 heteroatoms. The number of H-pyrrole nitrogens is 1. The number of fused-ring (bicyclic) bond motifs is 2. The smallest absolute Gasteiger partial charge is 0.222 e. The van der Waals surface area contributed by atoms with Crippen molar-refractivity contribution in [3.05, 3.63) is 64.0 Å². The molecule has 0 radical (unpaired) electrons. The second kappa shape index (κ2) is 9.90. The molecule has 5 rings (SSSR count). The van der Waals surface area contributed by atoms with E-state index in [0.29, 0.717) is 24.2 Å². The minimum Gasteiger partial charge on any atom is -0.476 e. The summed E-state index contributed by atoms with van der Waals surface area (Å²) in [5, 5.41) is 11.8. The number of nitrogens with one attached hydrogen (secondary N) is 2. The Morgan fingerprint density at radius 2 is 1.89 bits per heavy atom. The van der Waals surface area contributed by atoms with Crippen molar-refractivity contribution in [1.29, 1.82) is 0 Å². The van der Waals surface area contributed by atoms with Gasteiger partial charge in [0.2, 0.25) is 5.88 Å². The third-order valence-corrected chi connectivity index (χ3v) is 7.20. The van der Waals surface area contributed by atoms with E-state index in [1.165, 1.54) is 16.8 Å². The molecule has 0 spiro atoms. The highest BCUT2D eigenvalue weighted by atomic mass is 16.5. The minimum absolute atomic E-state index is 0.491. The van der Waals surface area contributed by atoms with Crippen LogP contribution in [0.15, 0.2) is 30.3 Å². The van der Waals surface area contributed by atoms with Crippen molar-refractivity contribution in [3.8, 4) is 17.3 Å². The van der Waals surface area contributed by atoms with Crippen LogP contribution in [0.3, 0.4) is 0 Å². The van der Waals surface area contributed by atoms with Gasteiger partial charge >= 0.3 is 0 Å². The Morgan fingerprint density at radius 3 is 2.67 bits per heavy atom. The zero-order chi connectivity index (χ0) is 25.4. The van der Waals surface area contributed by atoms with Gasteiger partial charge in [0.25, 0.3) is 0 Å². The number of aryl methyl sites for hydroxylation is 3. The standard InChI is InChI=1S/C29H36N6O/c1-17(2)21-9-7-18(3)25(15-21)35-13-11-23-22(16-35)29(36-14-12-30-6)32-28(31-23)26-19(4)8-10-24-27(26)20(5)33-34-24/h7-10,15,17,30H,11-14,16H2,1-6H3,(H,33,34). The highest BCUT2D eigenvalue weighted by Gasteiger charge is 2.26. The Hall–Kier alpha value is -3.45. The summed E-state index contributed by atoms with van der Waals surface area (Å²) in [6, 6.07) is 11.0. The average Bonchev–Trinajstić information content (AvgIpc) is 3.24. The lowest BCUT2D eigenvalue weighted by atomic mass is 9.98. The van der Waals surface area contributed by atoms with Crippen molar-refractivity contribution in [3.63, 3.8) is 0 Å².